The van der Waals surface area contributed by atoms with Crippen molar-refractivity contribution in [2.45, 2.75) is 40.2 Å². The number of aliphatic imine (C=N–C) groups is 1. The number of sulfonamides is 1. The lowest BCUT2D eigenvalue weighted by atomic mass is 9.65. The van der Waals surface area contributed by atoms with Crippen molar-refractivity contribution in [2.75, 3.05) is 50.0 Å². The molecule has 25 heavy (non-hydrogen) atoms. The zero-order valence-electron chi connectivity index (χ0n) is 16.0. The average molecular weight is 505 g/mol. The molecule has 2 aliphatic heterocycles. The van der Waals surface area contributed by atoms with Gasteiger partial charge in [-0.25, -0.2) is 12.7 Å². The van der Waals surface area contributed by atoms with Gasteiger partial charge in [0, 0.05) is 48.6 Å². The molecule has 0 atom stereocenters. The number of likely N-dealkylation sites (tertiary alicyclic amines) is 1. The molecule has 0 radical (unpaired) electrons. The Morgan fingerprint density at radius 2 is 1.80 bits per heavy atom. The van der Waals surface area contributed by atoms with Gasteiger partial charge in [-0.1, -0.05) is 13.8 Å². The molecule has 0 unspecified atom stereocenters. The summed E-state index contributed by atoms with van der Waals surface area (Å²) >= 11 is 1.81. The zero-order valence-corrected chi connectivity index (χ0v) is 20.0. The van der Waals surface area contributed by atoms with Gasteiger partial charge >= 0.3 is 0 Å². The van der Waals surface area contributed by atoms with Crippen LogP contribution in [0.25, 0.3) is 0 Å². The first-order valence-electron chi connectivity index (χ1n) is 8.73. The topological polar surface area (TPSA) is 65.0 Å². The molecule has 0 spiro atoms. The lowest BCUT2D eigenvalue weighted by molar-refractivity contribution is -0.0667. The molecule has 2 aliphatic rings. The molecule has 9 heteroatoms. The number of nitrogens with one attached hydrogen (secondary N) is 1. The van der Waals surface area contributed by atoms with Crippen molar-refractivity contribution >= 4 is 51.7 Å². The Morgan fingerprint density at radius 1 is 1.20 bits per heavy atom. The normalized spacial score (nSPS) is 23.6. The first kappa shape index (κ1) is 23.3. The van der Waals surface area contributed by atoms with E-state index >= 15 is 0 Å². The number of hydrogen-bond acceptors (Lipinski definition) is 4. The number of hydrogen-bond donors (Lipinski definition) is 1. The average Bonchev–Trinajstić information content (AvgIpc) is 2.53. The molecule has 148 valence electrons. The van der Waals surface area contributed by atoms with Gasteiger partial charge < -0.3 is 10.2 Å². The number of guanidine groups is 1. The van der Waals surface area contributed by atoms with Gasteiger partial charge in [-0.2, -0.15) is 11.8 Å². The van der Waals surface area contributed by atoms with Crippen molar-refractivity contribution in [3.05, 3.63) is 0 Å². The first-order valence-corrected chi connectivity index (χ1v) is 11.5. The molecular formula is C16H33IN4O2S2. The van der Waals surface area contributed by atoms with Gasteiger partial charge in [0.2, 0.25) is 10.0 Å². The van der Waals surface area contributed by atoms with Gasteiger partial charge in [0.15, 0.2) is 5.96 Å². The standard InChI is InChI=1S/C16H32N4O2S2.HI/c1-6-17-14(20-13-15(2,3)16(20,4)5)18-7-12-24(21,22)19-8-10-23-11-9-19;/h6-13H2,1-5H3,(H,17,18);1H. The van der Waals surface area contributed by atoms with E-state index in [0.29, 0.717) is 19.6 Å². The lowest BCUT2D eigenvalue weighted by Crippen LogP contribution is -2.72. The third kappa shape index (κ3) is 5.16. The summed E-state index contributed by atoms with van der Waals surface area (Å²) in [5.74, 6) is 2.69. The van der Waals surface area contributed by atoms with Crippen molar-refractivity contribution in [3.8, 4) is 0 Å². The molecule has 0 aromatic carbocycles. The van der Waals surface area contributed by atoms with E-state index in [-0.39, 0.29) is 40.7 Å². The van der Waals surface area contributed by atoms with Crippen LogP contribution in [0.5, 0.6) is 0 Å². The number of thioether (sulfide) groups is 1. The molecule has 1 N–H and O–H groups in total. The van der Waals surface area contributed by atoms with Gasteiger partial charge in [-0.15, -0.1) is 24.0 Å². The molecule has 0 aliphatic carbocycles. The third-order valence-electron chi connectivity index (χ3n) is 5.45. The molecule has 2 rings (SSSR count). The van der Waals surface area contributed by atoms with Crippen molar-refractivity contribution in [3.63, 3.8) is 0 Å². The van der Waals surface area contributed by atoms with E-state index in [2.05, 4.69) is 42.9 Å². The first-order chi connectivity index (χ1) is 11.1. The van der Waals surface area contributed by atoms with E-state index in [4.69, 9.17) is 0 Å². The molecule has 0 aromatic rings. The quantitative estimate of drug-likeness (QED) is 0.353. The van der Waals surface area contributed by atoms with Crippen LogP contribution in [0, 0.1) is 5.41 Å². The van der Waals surface area contributed by atoms with Gasteiger partial charge in [-0.05, 0) is 20.8 Å². The Balaban J connectivity index is 0.00000312. The minimum atomic E-state index is -3.19. The van der Waals surface area contributed by atoms with Gasteiger partial charge in [0.25, 0.3) is 0 Å². The molecule has 2 saturated heterocycles. The minimum absolute atomic E-state index is 0. The van der Waals surface area contributed by atoms with Crippen LogP contribution >= 0.6 is 35.7 Å². The maximum Gasteiger partial charge on any atom is 0.215 e. The van der Waals surface area contributed by atoms with E-state index in [1.807, 2.05) is 18.7 Å². The van der Waals surface area contributed by atoms with Crippen LogP contribution in [0.1, 0.15) is 34.6 Å². The predicted molar refractivity (Wildman–Crippen MR) is 119 cm³/mol. The number of rotatable bonds is 5. The Hall–Kier alpha value is 0.260. The summed E-state index contributed by atoms with van der Waals surface area (Å²) in [4.78, 5) is 6.85. The highest BCUT2D eigenvalue weighted by Crippen LogP contribution is 2.46. The summed E-state index contributed by atoms with van der Waals surface area (Å²) in [7, 11) is -3.19. The summed E-state index contributed by atoms with van der Waals surface area (Å²) in [6, 6.07) is 0. The van der Waals surface area contributed by atoms with E-state index in [1.54, 1.807) is 4.31 Å². The van der Waals surface area contributed by atoms with Gasteiger partial charge in [0.05, 0.1) is 12.3 Å². The van der Waals surface area contributed by atoms with Crippen LogP contribution in [0.2, 0.25) is 0 Å². The van der Waals surface area contributed by atoms with E-state index in [1.165, 1.54) is 0 Å². The molecule has 0 amide bonds. The summed E-state index contributed by atoms with van der Waals surface area (Å²) in [5.41, 5.74) is 0.234. The molecular weight excluding hydrogens is 471 g/mol. The monoisotopic (exact) mass is 504 g/mol. The van der Waals surface area contributed by atoms with Crippen molar-refractivity contribution < 1.29 is 8.42 Å². The fourth-order valence-corrected chi connectivity index (χ4v) is 5.47. The molecule has 0 saturated carbocycles. The Labute approximate surface area is 174 Å². The minimum Gasteiger partial charge on any atom is -0.356 e. The SMILES string of the molecule is CCNC(=NCCS(=O)(=O)N1CCSCC1)N1CC(C)(C)C1(C)C.I. The van der Waals surface area contributed by atoms with Gasteiger partial charge in [-0.3, -0.25) is 4.99 Å². The van der Waals surface area contributed by atoms with Crippen LogP contribution in [0.4, 0.5) is 0 Å². The Kier molecular flexibility index (Phi) is 8.36. The number of halogens is 1. The molecule has 6 nitrogen and oxygen atoms in total. The second-order valence-corrected chi connectivity index (χ2v) is 10.9. The summed E-state index contributed by atoms with van der Waals surface area (Å²) in [6.07, 6.45) is 0. The summed E-state index contributed by atoms with van der Waals surface area (Å²) in [6.45, 7) is 14.3. The van der Waals surface area contributed by atoms with Crippen molar-refractivity contribution in [2.24, 2.45) is 10.4 Å². The van der Waals surface area contributed by atoms with Crippen LogP contribution < -0.4 is 5.32 Å². The highest BCUT2D eigenvalue weighted by atomic mass is 127. The molecule has 2 heterocycles. The maximum absolute atomic E-state index is 12.4. The van der Waals surface area contributed by atoms with E-state index in [0.717, 1.165) is 30.6 Å². The number of nitrogens with zero attached hydrogens (tertiary/aromatic N) is 3. The van der Waals surface area contributed by atoms with E-state index in [9.17, 15) is 8.42 Å². The maximum atomic E-state index is 12.4. The van der Waals surface area contributed by atoms with Gasteiger partial charge in [0.1, 0.15) is 0 Å². The predicted octanol–water partition coefficient (Wildman–Crippen LogP) is 2.07. The summed E-state index contributed by atoms with van der Waals surface area (Å²) < 4.78 is 26.5. The smallest absolute Gasteiger partial charge is 0.215 e. The second kappa shape index (κ2) is 8.97. The Bertz CT molecular complexity index is 573. The largest absolute Gasteiger partial charge is 0.356 e. The van der Waals surface area contributed by atoms with Crippen LogP contribution in [0.3, 0.4) is 0 Å². The highest BCUT2D eigenvalue weighted by Gasteiger charge is 2.53. The Morgan fingerprint density at radius 3 is 2.28 bits per heavy atom. The third-order valence-corrected chi connectivity index (χ3v) is 8.24. The fraction of sp³-hybridized carbons (Fsp3) is 0.938. The van der Waals surface area contributed by atoms with Crippen molar-refractivity contribution in [1.29, 1.82) is 0 Å². The van der Waals surface area contributed by atoms with Crippen LogP contribution in [-0.2, 0) is 10.0 Å². The lowest BCUT2D eigenvalue weighted by Gasteiger charge is -2.62. The summed E-state index contributed by atoms with van der Waals surface area (Å²) in [5, 5.41) is 3.31. The molecule has 2 fully saturated rings. The second-order valence-electron chi connectivity index (χ2n) is 7.59. The van der Waals surface area contributed by atoms with Crippen LogP contribution in [-0.4, -0.2) is 79.1 Å². The van der Waals surface area contributed by atoms with Crippen LogP contribution in [0.15, 0.2) is 4.99 Å². The fourth-order valence-electron chi connectivity index (χ4n) is 3.02. The zero-order chi connectivity index (χ0) is 18.0. The highest BCUT2D eigenvalue weighted by molar-refractivity contribution is 14.0. The molecule has 0 bridgehead atoms. The molecule has 0 aromatic heterocycles. The van der Waals surface area contributed by atoms with E-state index < -0.39 is 10.0 Å². The van der Waals surface area contributed by atoms with Crippen molar-refractivity contribution in [1.82, 2.24) is 14.5 Å².